The number of rotatable bonds is 6. The molecule has 0 aliphatic rings. The maximum atomic E-state index is 9.21. The molecule has 2 unspecified atom stereocenters. The number of hydrogen-bond acceptors (Lipinski definition) is 3. The summed E-state index contributed by atoms with van der Waals surface area (Å²) in [6, 6.07) is 7.56. The highest BCUT2D eigenvalue weighted by Gasteiger charge is 2.09. The Labute approximate surface area is 97.1 Å². The van der Waals surface area contributed by atoms with Crippen LogP contribution in [0.2, 0.25) is 0 Å². The standard InChI is InChI=1S/C13H21NO2/c1-3-13(14-8-10(2)9-15)11-4-6-12(16)7-5-11/h4-7,10,13-16H,3,8-9H2,1-2H3. The summed E-state index contributed by atoms with van der Waals surface area (Å²) in [5.74, 6) is 0.563. The van der Waals surface area contributed by atoms with Crippen LogP contribution in [0.15, 0.2) is 24.3 Å². The monoisotopic (exact) mass is 223 g/mol. The van der Waals surface area contributed by atoms with Crippen LogP contribution in [0, 0.1) is 5.92 Å². The van der Waals surface area contributed by atoms with Crippen molar-refractivity contribution < 1.29 is 10.2 Å². The van der Waals surface area contributed by atoms with E-state index in [1.54, 1.807) is 12.1 Å². The lowest BCUT2D eigenvalue weighted by atomic mass is 10.0. The second-order valence-electron chi connectivity index (χ2n) is 4.25. The molecule has 3 nitrogen and oxygen atoms in total. The zero-order valence-corrected chi connectivity index (χ0v) is 9.98. The summed E-state index contributed by atoms with van der Waals surface area (Å²) < 4.78 is 0. The molecule has 0 saturated carbocycles. The minimum Gasteiger partial charge on any atom is -0.508 e. The second kappa shape index (κ2) is 6.51. The van der Waals surface area contributed by atoms with Crippen molar-refractivity contribution >= 4 is 0 Å². The normalized spacial score (nSPS) is 14.7. The first-order valence-electron chi connectivity index (χ1n) is 5.80. The minimum absolute atomic E-state index is 0.207. The van der Waals surface area contributed by atoms with E-state index < -0.39 is 0 Å². The van der Waals surface area contributed by atoms with Crippen molar-refractivity contribution in [2.75, 3.05) is 13.2 Å². The molecule has 0 saturated heterocycles. The molecule has 16 heavy (non-hydrogen) atoms. The number of phenolic OH excluding ortho intramolecular Hbond substituents is 1. The lowest BCUT2D eigenvalue weighted by molar-refractivity contribution is 0.229. The fraction of sp³-hybridized carbons (Fsp3) is 0.538. The summed E-state index contributed by atoms with van der Waals surface area (Å²) in [6.45, 7) is 5.14. The number of aliphatic hydroxyl groups excluding tert-OH is 1. The third-order valence-electron chi connectivity index (χ3n) is 2.73. The molecule has 0 aliphatic carbocycles. The number of phenols is 1. The SMILES string of the molecule is CCC(NCC(C)CO)c1ccc(O)cc1. The van der Waals surface area contributed by atoms with Crippen LogP contribution >= 0.6 is 0 Å². The summed E-state index contributed by atoms with van der Waals surface area (Å²) in [4.78, 5) is 0. The molecule has 0 aromatic heterocycles. The zero-order chi connectivity index (χ0) is 12.0. The van der Waals surface area contributed by atoms with Gasteiger partial charge in [0.25, 0.3) is 0 Å². The molecule has 0 fully saturated rings. The Morgan fingerprint density at radius 3 is 2.38 bits per heavy atom. The van der Waals surface area contributed by atoms with Crippen LogP contribution in [0.1, 0.15) is 31.9 Å². The van der Waals surface area contributed by atoms with Gasteiger partial charge in [-0.15, -0.1) is 0 Å². The van der Waals surface area contributed by atoms with Gasteiger partial charge in [0.15, 0.2) is 0 Å². The smallest absolute Gasteiger partial charge is 0.115 e. The Bertz CT molecular complexity index is 297. The number of nitrogens with one attached hydrogen (secondary N) is 1. The van der Waals surface area contributed by atoms with Crippen LogP contribution in [-0.4, -0.2) is 23.4 Å². The van der Waals surface area contributed by atoms with Gasteiger partial charge in [0.2, 0.25) is 0 Å². The molecule has 0 aliphatic heterocycles. The number of benzene rings is 1. The first-order valence-corrected chi connectivity index (χ1v) is 5.80. The van der Waals surface area contributed by atoms with Gasteiger partial charge in [-0.25, -0.2) is 0 Å². The van der Waals surface area contributed by atoms with E-state index in [4.69, 9.17) is 5.11 Å². The molecular weight excluding hydrogens is 202 g/mol. The van der Waals surface area contributed by atoms with Gasteiger partial charge >= 0.3 is 0 Å². The molecular formula is C13H21NO2. The Morgan fingerprint density at radius 2 is 1.88 bits per heavy atom. The van der Waals surface area contributed by atoms with E-state index in [0.717, 1.165) is 13.0 Å². The lowest BCUT2D eigenvalue weighted by Crippen LogP contribution is -2.27. The topological polar surface area (TPSA) is 52.5 Å². The molecule has 2 atom stereocenters. The average Bonchev–Trinajstić information content (AvgIpc) is 2.31. The van der Waals surface area contributed by atoms with Gasteiger partial charge in [0.1, 0.15) is 5.75 Å². The number of aromatic hydroxyl groups is 1. The predicted molar refractivity (Wildman–Crippen MR) is 65.4 cm³/mol. The fourth-order valence-corrected chi connectivity index (χ4v) is 1.61. The van der Waals surface area contributed by atoms with Gasteiger partial charge in [-0.05, 0) is 30.0 Å². The Morgan fingerprint density at radius 1 is 1.25 bits per heavy atom. The average molecular weight is 223 g/mol. The summed E-state index contributed by atoms with van der Waals surface area (Å²) >= 11 is 0. The maximum absolute atomic E-state index is 9.21. The van der Waals surface area contributed by atoms with Gasteiger partial charge in [-0.1, -0.05) is 26.0 Å². The Balaban J connectivity index is 2.57. The Kier molecular flexibility index (Phi) is 5.29. The molecule has 3 N–H and O–H groups in total. The minimum atomic E-state index is 0.207. The van der Waals surface area contributed by atoms with Crippen molar-refractivity contribution in [3.05, 3.63) is 29.8 Å². The van der Waals surface area contributed by atoms with Crippen molar-refractivity contribution in [2.24, 2.45) is 5.92 Å². The van der Waals surface area contributed by atoms with Crippen molar-refractivity contribution in [3.63, 3.8) is 0 Å². The summed E-state index contributed by atoms with van der Waals surface area (Å²) in [5, 5.41) is 21.6. The van der Waals surface area contributed by atoms with Crippen molar-refractivity contribution in [1.82, 2.24) is 5.32 Å². The first kappa shape index (κ1) is 13.0. The second-order valence-corrected chi connectivity index (χ2v) is 4.25. The molecule has 1 aromatic rings. The molecule has 90 valence electrons. The third-order valence-corrected chi connectivity index (χ3v) is 2.73. The Hall–Kier alpha value is -1.06. The van der Waals surface area contributed by atoms with E-state index in [1.165, 1.54) is 5.56 Å². The van der Waals surface area contributed by atoms with Crippen LogP contribution in [0.25, 0.3) is 0 Å². The van der Waals surface area contributed by atoms with E-state index in [1.807, 2.05) is 19.1 Å². The van der Waals surface area contributed by atoms with E-state index in [-0.39, 0.29) is 18.6 Å². The van der Waals surface area contributed by atoms with Gasteiger partial charge in [0.05, 0.1) is 0 Å². The van der Waals surface area contributed by atoms with Gasteiger partial charge < -0.3 is 15.5 Å². The lowest BCUT2D eigenvalue weighted by Gasteiger charge is -2.19. The number of aliphatic hydroxyl groups is 1. The molecule has 0 spiro atoms. The van der Waals surface area contributed by atoms with Crippen LogP contribution in [0.3, 0.4) is 0 Å². The first-order chi connectivity index (χ1) is 7.67. The van der Waals surface area contributed by atoms with E-state index in [9.17, 15) is 5.11 Å². The summed E-state index contributed by atoms with van der Waals surface area (Å²) in [5.41, 5.74) is 1.17. The van der Waals surface area contributed by atoms with Crippen molar-refractivity contribution in [1.29, 1.82) is 0 Å². The molecule has 0 bridgehead atoms. The molecule has 1 rings (SSSR count). The highest BCUT2D eigenvalue weighted by atomic mass is 16.3. The van der Waals surface area contributed by atoms with Crippen LogP contribution in [0.5, 0.6) is 5.75 Å². The van der Waals surface area contributed by atoms with Gasteiger partial charge in [-0.3, -0.25) is 0 Å². The fourth-order valence-electron chi connectivity index (χ4n) is 1.61. The maximum Gasteiger partial charge on any atom is 0.115 e. The van der Waals surface area contributed by atoms with E-state index >= 15 is 0 Å². The van der Waals surface area contributed by atoms with Crippen molar-refractivity contribution in [3.8, 4) is 5.75 Å². The quantitative estimate of drug-likeness (QED) is 0.692. The molecule has 0 heterocycles. The van der Waals surface area contributed by atoms with Gasteiger partial charge in [-0.2, -0.15) is 0 Å². The zero-order valence-electron chi connectivity index (χ0n) is 9.98. The third kappa shape index (κ3) is 3.83. The van der Waals surface area contributed by atoms with E-state index in [0.29, 0.717) is 5.75 Å². The summed E-state index contributed by atoms with van der Waals surface area (Å²) in [7, 11) is 0. The van der Waals surface area contributed by atoms with Crippen LogP contribution < -0.4 is 5.32 Å². The summed E-state index contributed by atoms with van der Waals surface area (Å²) in [6.07, 6.45) is 0.989. The molecule has 1 aromatic carbocycles. The van der Waals surface area contributed by atoms with Gasteiger partial charge in [0, 0.05) is 19.2 Å². The molecule has 3 heteroatoms. The highest BCUT2D eigenvalue weighted by molar-refractivity contribution is 5.27. The molecule has 0 radical (unpaired) electrons. The highest BCUT2D eigenvalue weighted by Crippen LogP contribution is 2.19. The van der Waals surface area contributed by atoms with Crippen LogP contribution in [-0.2, 0) is 0 Å². The number of hydrogen-bond donors (Lipinski definition) is 3. The largest absolute Gasteiger partial charge is 0.508 e. The van der Waals surface area contributed by atoms with Crippen molar-refractivity contribution in [2.45, 2.75) is 26.3 Å². The van der Waals surface area contributed by atoms with E-state index in [2.05, 4.69) is 12.2 Å². The van der Waals surface area contributed by atoms with Crippen LogP contribution in [0.4, 0.5) is 0 Å². The predicted octanol–water partition coefficient (Wildman–Crippen LogP) is 2.06. The molecule has 0 amide bonds.